The summed E-state index contributed by atoms with van der Waals surface area (Å²) in [4.78, 5) is 11.6. The predicted molar refractivity (Wildman–Crippen MR) is 78.8 cm³/mol. The Balaban J connectivity index is 2.18. The van der Waals surface area contributed by atoms with E-state index in [1.165, 1.54) is 64.2 Å². The Hall–Kier alpha value is -0.590. The van der Waals surface area contributed by atoms with E-state index in [0.717, 1.165) is 25.7 Å². The molecule has 0 aromatic rings. The zero-order valence-corrected chi connectivity index (χ0v) is 12.0. The van der Waals surface area contributed by atoms with Gasteiger partial charge < -0.3 is 0 Å². The molecule has 0 aliphatic heterocycles. The van der Waals surface area contributed by atoms with Crippen LogP contribution in [0.5, 0.6) is 0 Å². The monoisotopic (exact) mass is 250 g/mol. The van der Waals surface area contributed by atoms with Crippen molar-refractivity contribution in [1.82, 2.24) is 0 Å². The fourth-order valence-electron chi connectivity index (χ4n) is 2.60. The number of carbonyl (C=O) groups is 1. The molecule has 0 atom stereocenters. The highest BCUT2D eigenvalue weighted by molar-refractivity contribution is 5.78. The lowest BCUT2D eigenvalue weighted by atomic mass is 10.0. The van der Waals surface area contributed by atoms with E-state index in [2.05, 4.69) is 12.2 Å². The molecule has 0 N–H and O–H groups in total. The molecule has 1 aliphatic rings. The molecule has 0 fully saturated rings. The van der Waals surface area contributed by atoms with Crippen molar-refractivity contribution in [2.75, 3.05) is 0 Å². The number of hydrogen-bond acceptors (Lipinski definition) is 1. The zero-order valence-electron chi connectivity index (χ0n) is 12.0. The zero-order chi connectivity index (χ0) is 12.9. The highest BCUT2D eigenvalue weighted by Crippen LogP contribution is 2.13. The van der Waals surface area contributed by atoms with Gasteiger partial charge in [-0.2, -0.15) is 0 Å². The number of hydrogen-bond donors (Lipinski definition) is 0. The van der Waals surface area contributed by atoms with Crippen molar-refractivity contribution in [3.8, 4) is 0 Å². The van der Waals surface area contributed by atoms with Gasteiger partial charge in [-0.25, -0.2) is 0 Å². The minimum absolute atomic E-state index is 0.462. The van der Waals surface area contributed by atoms with E-state index in [1.54, 1.807) is 0 Å². The lowest BCUT2D eigenvalue weighted by Crippen LogP contribution is -1.96. The summed E-state index contributed by atoms with van der Waals surface area (Å²) in [5.41, 5.74) is 0. The molecule has 0 heterocycles. The van der Waals surface area contributed by atoms with Gasteiger partial charge in [0.15, 0.2) is 0 Å². The standard InChI is InChI=1S/C17H30O/c18-17-15-13-11-9-7-5-3-1-2-4-6-8-10-12-14-16-17/h9,11H,1-8,10,12-16H2/b11-9+. The van der Waals surface area contributed by atoms with Crippen LogP contribution in [0.4, 0.5) is 0 Å². The summed E-state index contributed by atoms with van der Waals surface area (Å²) in [7, 11) is 0. The molecule has 18 heavy (non-hydrogen) atoms. The van der Waals surface area contributed by atoms with Crippen LogP contribution in [0.1, 0.15) is 89.9 Å². The molecule has 0 aromatic heterocycles. The summed E-state index contributed by atoms with van der Waals surface area (Å²) in [5, 5.41) is 0. The minimum Gasteiger partial charge on any atom is -0.300 e. The van der Waals surface area contributed by atoms with Crippen LogP contribution in [0, 0.1) is 0 Å². The molecule has 1 aliphatic carbocycles. The van der Waals surface area contributed by atoms with Gasteiger partial charge >= 0.3 is 0 Å². The molecule has 0 saturated heterocycles. The minimum atomic E-state index is 0.462. The Bertz CT molecular complexity index is 230. The fourth-order valence-corrected chi connectivity index (χ4v) is 2.60. The molecule has 0 saturated carbocycles. The Morgan fingerprint density at radius 3 is 1.72 bits per heavy atom. The second kappa shape index (κ2) is 11.5. The molecular weight excluding hydrogens is 220 g/mol. The van der Waals surface area contributed by atoms with Crippen LogP contribution in [0.2, 0.25) is 0 Å². The molecular formula is C17H30O. The first-order valence-electron chi connectivity index (χ1n) is 8.06. The molecule has 0 bridgehead atoms. The maximum absolute atomic E-state index is 11.6. The summed E-state index contributed by atoms with van der Waals surface area (Å²) in [5.74, 6) is 0.462. The van der Waals surface area contributed by atoms with Crippen molar-refractivity contribution in [3.05, 3.63) is 12.2 Å². The molecule has 1 nitrogen and oxygen atoms in total. The van der Waals surface area contributed by atoms with Gasteiger partial charge in [0.25, 0.3) is 0 Å². The van der Waals surface area contributed by atoms with Gasteiger partial charge in [0.2, 0.25) is 0 Å². The van der Waals surface area contributed by atoms with Gasteiger partial charge in [-0.05, 0) is 25.7 Å². The first-order chi connectivity index (χ1) is 8.89. The average Bonchev–Trinajstić information content (AvgIpc) is 2.37. The largest absolute Gasteiger partial charge is 0.300 e. The average molecular weight is 250 g/mol. The molecule has 1 heteroatoms. The van der Waals surface area contributed by atoms with Gasteiger partial charge in [0.1, 0.15) is 5.78 Å². The van der Waals surface area contributed by atoms with Crippen molar-refractivity contribution in [2.24, 2.45) is 0 Å². The van der Waals surface area contributed by atoms with Crippen LogP contribution >= 0.6 is 0 Å². The van der Waals surface area contributed by atoms with E-state index in [1.807, 2.05) is 0 Å². The quantitative estimate of drug-likeness (QED) is 0.512. The summed E-state index contributed by atoms with van der Waals surface area (Å²) < 4.78 is 0. The van der Waals surface area contributed by atoms with Crippen LogP contribution in [-0.2, 0) is 4.79 Å². The topological polar surface area (TPSA) is 17.1 Å². The van der Waals surface area contributed by atoms with Crippen molar-refractivity contribution < 1.29 is 4.79 Å². The third kappa shape index (κ3) is 9.44. The van der Waals surface area contributed by atoms with Crippen LogP contribution in [0.15, 0.2) is 12.2 Å². The molecule has 0 amide bonds. The van der Waals surface area contributed by atoms with Crippen molar-refractivity contribution in [1.29, 1.82) is 0 Å². The van der Waals surface area contributed by atoms with E-state index in [0.29, 0.717) is 5.78 Å². The molecule has 0 spiro atoms. The van der Waals surface area contributed by atoms with E-state index >= 15 is 0 Å². The van der Waals surface area contributed by atoms with E-state index in [9.17, 15) is 4.79 Å². The smallest absolute Gasteiger partial charge is 0.133 e. The highest BCUT2D eigenvalue weighted by Gasteiger charge is 2.00. The molecule has 104 valence electrons. The van der Waals surface area contributed by atoms with Gasteiger partial charge in [0, 0.05) is 12.8 Å². The van der Waals surface area contributed by atoms with Crippen LogP contribution in [0.25, 0.3) is 0 Å². The summed E-state index contributed by atoms with van der Waals surface area (Å²) in [6.07, 6.45) is 21.6. The summed E-state index contributed by atoms with van der Waals surface area (Å²) in [6.45, 7) is 0. The maximum Gasteiger partial charge on any atom is 0.133 e. The Morgan fingerprint density at radius 1 is 0.556 bits per heavy atom. The number of rotatable bonds is 0. The molecule has 0 unspecified atom stereocenters. The molecule has 1 rings (SSSR count). The number of Topliss-reactive ketones (excluding diaryl/α,β-unsaturated/α-hetero) is 1. The lowest BCUT2D eigenvalue weighted by molar-refractivity contribution is -0.119. The Kier molecular flexibility index (Phi) is 9.88. The fraction of sp³-hybridized carbons (Fsp3) is 0.824. The van der Waals surface area contributed by atoms with Gasteiger partial charge in [0.05, 0.1) is 0 Å². The third-order valence-electron chi connectivity index (χ3n) is 3.83. The second-order valence-corrected chi connectivity index (χ2v) is 5.62. The van der Waals surface area contributed by atoms with E-state index < -0.39 is 0 Å². The van der Waals surface area contributed by atoms with Crippen LogP contribution < -0.4 is 0 Å². The van der Waals surface area contributed by atoms with E-state index in [4.69, 9.17) is 0 Å². The predicted octanol–water partition coefficient (Wildman–Crippen LogP) is 5.59. The third-order valence-corrected chi connectivity index (χ3v) is 3.83. The van der Waals surface area contributed by atoms with Gasteiger partial charge in [-0.15, -0.1) is 0 Å². The second-order valence-electron chi connectivity index (χ2n) is 5.62. The molecule has 0 radical (unpaired) electrons. The van der Waals surface area contributed by atoms with Gasteiger partial charge in [-0.1, -0.05) is 63.5 Å². The van der Waals surface area contributed by atoms with Crippen LogP contribution in [0.3, 0.4) is 0 Å². The first-order valence-corrected chi connectivity index (χ1v) is 8.06. The Morgan fingerprint density at radius 2 is 1.06 bits per heavy atom. The number of allylic oxidation sites excluding steroid dienone is 2. The van der Waals surface area contributed by atoms with Crippen molar-refractivity contribution >= 4 is 5.78 Å². The first kappa shape index (κ1) is 15.5. The van der Waals surface area contributed by atoms with Crippen LogP contribution in [-0.4, -0.2) is 5.78 Å². The van der Waals surface area contributed by atoms with Crippen molar-refractivity contribution in [3.63, 3.8) is 0 Å². The Labute approximate surface area is 113 Å². The summed E-state index contributed by atoms with van der Waals surface area (Å²) in [6, 6.07) is 0. The molecule has 0 aromatic carbocycles. The highest BCUT2D eigenvalue weighted by atomic mass is 16.1. The normalized spacial score (nSPS) is 24.3. The van der Waals surface area contributed by atoms with Gasteiger partial charge in [-0.3, -0.25) is 4.79 Å². The summed E-state index contributed by atoms with van der Waals surface area (Å²) >= 11 is 0. The number of carbonyl (C=O) groups excluding carboxylic acids is 1. The van der Waals surface area contributed by atoms with E-state index in [-0.39, 0.29) is 0 Å². The number of ketones is 1. The maximum atomic E-state index is 11.6. The SMILES string of the molecule is O=C1CC/C=C/CCCCCCCCCCCC1. The van der Waals surface area contributed by atoms with Crippen molar-refractivity contribution in [2.45, 2.75) is 89.9 Å². The lowest BCUT2D eigenvalue weighted by Gasteiger charge is -2.02.